The number of nitrogens with one attached hydrogen (secondary N) is 1. The summed E-state index contributed by atoms with van der Waals surface area (Å²) in [6.07, 6.45) is 3.08. The fourth-order valence-electron chi connectivity index (χ4n) is 3.15. The van der Waals surface area contributed by atoms with Gasteiger partial charge in [0.05, 0.1) is 5.60 Å². The molecule has 1 aromatic carbocycles. The molecule has 1 amide bonds. The van der Waals surface area contributed by atoms with Gasteiger partial charge in [0.25, 0.3) is 0 Å². The molecule has 4 nitrogen and oxygen atoms in total. The van der Waals surface area contributed by atoms with Gasteiger partial charge in [0, 0.05) is 25.2 Å². The molecule has 1 saturated heterocycles. The molecule has 20 heavy (non-hydrogen) atoms. The quantitative estimate of drug-likeness (QED) is 0.821. The zero-order valence-corrected chi connectivity index (χ0v) is 11.9. The van der Waals surface area contributed by atoms with Crippen LogP contribution in [0.3, 0.4) is 0 Å². The average molecular weight is 274 g/mol. The summed E-state index contributed by atoms with van der Waals surface area (Å²) in [4.78, 5) is 14.5. The van der Waals surface area contributed by atoms with Gasteiger partial charge in [-0.25, -0.2) is 0 Å². The second-order valence-corrected chi connectivity index (χ2v) is 6.23. The topological polar surface area (TPSA) is 52.6 Å². The molecule has 108 valence electrons. The molecule has 2 heterocycles. The van der Waals surface area contributed by atoms with Crippen LogP contribution in [0.4, 0.5) is 5.69 Å². The normalized spacial score (nSPS) is 29.5. The first-order valence-electron chi connectivity index (χ1n) is 7.41. The lowest BCUT2D eigenvalue weighted by Gasteiger charge is -2.25. The minimum absolute atomic E-state index is 0.143. The SMILES string of the molecule is CC1(O)CCCN(C(=O)[C@@H]2Cc3ccccc3N2)CC1. The van der Waals surface area contributed by atoms with Gasteiger partial charge in [-0.3, -0.25) is 4.79 Å². The van der Waals surface area contributed by atoms with Crippen molar-refractivity contribution in [2.45, 2.75) is 44.2 Å². The summed E-state index contributed by atoms with van der Waals surface area (Å²) in [5.74, 6) is 0.166. The predicted octanol–water partition coefficient (Wildman–Crippen LogP) is 1.79. The fourth-order valence-corrected chi connectivity index (χ4v) is 3.15. The summed E-state index contributed by atoms with van der Waals surface area (Å²) < 4.78 is 0. The van der Waals surface area contributed by atoms with E-state index in [1.54, 1.807) is 0 Å². The van der Waals surface area contributed by atoms with Crippen molar-refractivity contribution in [1.82, 2.24) is 4.90 Å². The van der Waals surface area contributed by atoms with Crippen LogP contribution in [0, 0.1) is 0 Å². The highest BCUT2D eigenvalue weighted by molar-refractivity contribution is 5.87. The molecule has 2 aliphatic rings. The van der Waals surface area contributed by atoms with Crippen molar-refractivity contribution in [2.75, 3.05) is 18.4 Å². The molecule has 2 aliphatic heterocycles. The Hall–Kier alpha value is -1.55. The third-order valence-electron chi connectivity index (χ3n) is 4.44. The van der Waals surface area contributed by atoms with Gasteiger partial charge in [0.15, 0.2) is 0 Å². The Morgan fingerprint density at radius 3 is 2.95 bits per heavy atom. The minimum Gasteiger partial charge on any atom is -0.390 e. The third kappa shape index (κ3) is 2.66. The number of carbonyl (C=O) groups is 1. The number of para-hydroxylation sites is 1. The average Bonchev–Trinajstić information content (AvgIpc) is 2.77. The summed E-state index contributed by atoms with van der Waals surface area (Å²) in [7, 11) is 0. The van der Waals surface area contributed by atoms with Crippen molar-refractivity contribution in [3.8, 4) is 0 Å². The Labute approximate surface area is 119 Å². The highest BCUT2D eigenvalue weighted by Gasteiger charge is 2.33. The van der Waals surface area contributed by atoms with E-state index in [1.807, 2.05) is 30.0 Å². The number of carbonyl (C=O) groups excluding carboxylic acids is 1. The maximum atomic E-state index is 12.6. The number of benzene rings is 1. The number of likely N-dealkylation sites (tertiary alicyclic amines) is 1. The van der Waals surface area contributed by atoms with Crippen LogP contribution in [0.25, 0.3) is 0 Å². The van der Waals surface area contributed by atoms with Crippen molar-refractivity contribution < 1.29 is 9.90 Å². The predicted molar refractivity (Wildman–Crippen MR) is 78.6 cm³/mol. The highest BCUT2D eigenvalue weighted by atomic mass is 16.3. The molecular formula is C16H22N2O2. The molecule has 0 aliphatic carbocycles. The first-order valence-corrected chi connectivity index (χ1v) is 7.41. The van der Waals surface area contributed by atoms with Crippen molar-refractivity contribution >= 4 is 11.6 Å². The molecule has 0 bridgehead atoms. The lowest BCUT2D eigenvalue weighted by atomic mass is 9.98. The van der Waals surface area contributed by atoms with Gasteiger partial charge < -0.3 is 15.3 Å². The molecule has 2 N–H and O–H groups in total. The lowest BCUT2D eigenvalue weighted by Crippen LogP contribution is -2.43. The number of amides is 1. The van der Waals surface area contributed by atoms with Crippen molar-refractivity contribution in [3.63, 3.8) is 0 Å². The van der Waals surface area contributed by atoms with Crippen LogP contribution in [0.5, 0.6) is 0 Å². The van der Waals surface area contributed by atoms with Crippen LogP contribution in [0.1, 0.15) is 31.7 Å². The Balaban J connectivity index is 1.66. The van der Waals surface area contributed by atoms with Crippen LogP contribution < -0.4 is 5.32 Å². The summed E-state index contributed by atoms with van der Waals surface area (Å²) in [6.45, 7) is 3.27. The molecule has 0 saturated carbocycles. The van der Waals surface area contributed by atoms with Gasteiger partial charge in [0.1, 0.15) is 6.04 Å². The van der Waals surface area contributed by atoms with E-state index in [4.69, 9.17) is 0 Å². The summed E-state index contributed by atoms with van der Waals surface area (Å²) >= 11 is 0. The number of aliphatic hydroxyl groups is 1. The van der Waals surface area contributed by atoms with Crippen LogP contribution >= 0.6 is 0 Å². The van der Waals surface area contributed by atoms with Crippen molar-refractivity contribution in [3.05, 3.63) is 29.8 Å². The van der Waals surface area contributed by atoms with Crippen LogP contribution in [0.15, 0.2) is 24.3 Å². The molecular weight excluding hydrogens is 252 g/mol. The molecule has 4 heteroatoms. The van der Waals surface area contributed by atoms with E-state index < -0.39 is 5.60 Å². The van der Waals surface area contributed by atoms with E-state index >= 15 is 0 Å². The van der Waals surface area contributed by atoms with E-state index in [-0.39, 0.29) is 11.9 Å². The van der Waals surface area contributed by atoms with Gasteiger partial charge in [0.2, 0.25) is 5.91 Å². The third-order valence-corrected chi connectivity index (χ3v) is 4.44. The smallest absolute Gasteiger partial charge is 0.245 e. The van der Waals surface area contributed by atoms with Gasteiger partial charge in [-0.2, -0.15) is 0 Å². The monoisotopic (exact) mass is 274 g/mol. The highest BCUT2D eigenvalue weighted by Crippen LogP contribution is 2.27. The number of anilines is 1. The number of hydrogen-bond donors (Lipinski definition) is 2. The minimum atomic E-state index is -0.624. The maximum Gasteiger partial charge on any atom is 0.245 e. The van der Waals surface area contributed by atoms with E-state index in [1.165, 1.54) is 5.56 Å². The van der Waals surface area contributed by atoms with Crippen molar-refractivity contribution in [2.24, 2.45) is 0 Å². The largest absolute Gasteiger partial charge is 0.390 e. The standard InChI is InChI=1S/C16H22N2O2/c1-16(20)7-4-9-18(10-8-16)15(19)14-11-12-5-2-3-6-13(12)17-14/h2-3,5-6,14,17,20H,4,7-11H2,1H3/t14-,16?/m0/s1. The first-order chi connectivity index (χ1) is 9.55. The van der Waals surface area contributed by atoms with Gasteiger partial charge in [-0.05, 0) is 37.8 Å². The van der Waals surface area contributed by atoms with Crippen LogP contribution in [-0.4, -0.2) is 40.6 Å². The fraction of sp³-hybridized carbons (Fsp3) is 0.562. The molecule has 0 radical (unpaired) electrons. The van der Waals surface area contributed by atoms with Crippen molar-refractivity contribution in [1.29, 1.82) is 0 Å². The van der Waals surface area contributed by atoms with Gasteiger partial charge >= 0.3 is 0 Å². The van der Waals surface area contributed by atoms with E-state index in [2.05, 4.69) is 11.4 Å². The lowest BCUT2D eigenvalue weighted by molar-refractivity contribution is -0.132. The Bertz CT molecular complexity index is 488. The maximum absolute atomic E-state index is 12.6. The molecule has 1 unspecified atom stereocenters. The molecule has 3 rings (SSSR count). The molecule has 1 fully saturated rings. The summed E-state index contributed by atoms with van der Waals surface area (Å²) in [6, 6.07) is 7.95. The molecule has 0 aromatic heterocycles. The zero-order chi connectivity index (χ0) is 14.2. The number of nitrogens with zero attached hydrogens (tertiary/aromatic N) is 1. The molecule has 2 atom stereocenters. The Morgan fingerprint density at radius 2 is 2.15 bits per heavy atom. The number of fused-ring (bicyclic) bond motifs is 1. The first kappa shape index (κ1) is 13.4. The zero-order valence-electron chi connectivity index (χ0n) is 11.9. The van der Waals surface area contributed by atoms with E-state index in [9.17, 15) is 9.90 Å². The second kappa shape index (κ2) is 5.09. The van der Waals surface area contributed by atoms with Crippen LogP contribution in [-0.2, 0) is 11.2 Å². The van der Waals surface area contributed by atoms with Gasteiger partial charge in [-0.15, -0.1) is 0 Å². The Morgan fingerprint density at radius 1 is 1.35 bits per heavy atom. The number of hydrogen-bond acceptors (Lipinski definition) is 3. The summed E-state index contributed by atoms with van der Waals surface area (Å²) in [5, 5.41) is 13.4. The van der Waals surface area contributed by atoms with Gasteiger partial charge in [-0.1, -0.05) is 18.2 Å². The van der Waals surface area contributed by atoms with Crippen LogP contribution in [0.2, 0.25) is 0 Å². The van der Waals surface area contributed by atoms with E-state index in [0.717, 1.165) is 31.5 Å². The Kier molecular flexibility index (Phi) is 3.42. The molecule has 0 spiro atoms. The number of rotatable bonds is 1. The van der Waals surface area contributed by atoms with E-state index in [0.29, 0.717) is 13.0 Å². The molecule has 1 aromatic rings. The second-order valence-electron chi connectivity index (χ2n) is 6.23. The summed E-state index contributed by atoms with van der Waals surface area (Å²) in [5.41, 5.74) is 1.67.